The molecule has 2 heteroatoms. The third-order valence-electron chi connectivity index (χ3n) is 3.52. The van der Waals surface area contributed by atoms with Crippen molar-refractivity contribution in [3.63, 3.8) is 0 Å². The zero-order chi connectivity index (χ0) is 13.2. The van der Waals surface area contributed by atoms with Gasteiger partial charge in [-0.2, -0.15) is 0 Å². The van der Waals surface area contributed by atoms with Crippen LogP contribution in [0.5, 0.6) is 0 Å². The first-order valence-electron chi connectivity index (χ1n) is 6.50. The SMILES string of the molecule is Cc1ccc(CNc2ccc3sccc3c2)cc1C. The Morgan fingerprint density at radius 3 is 2.68 bits per heavy atom. The van der Waals surface area contributed by atoms with Crippen LogP contribution in [0.1, 0.15) is 16.7 Å². The van der Waals surface area contributed by atoms with Crippen molar-refractivity contribution < 1.29 is 0 Å². The second-order valence-corrected chi connectivity index (χ2v) is 5.89. The molecule has 0 spiro atoms. The highest BCUT2D eigenvalue weighted by atomic mass is 32.1. The lowest BCUT2D eigenvalue weighted by Gasteiger charge is -2.08. The summed E-state index contributed by atoms with van der Waals surface area (Å²) in [5.74, 6) is 0. The Morgan fingerprint density at radius 1 is 0.947 bits per heavy atom. The molecule has 0 saturated carbocycles. The van der Waals surface area contributed by atoms with Gasteiger partial charge in [-0.05, 0) is 65.6 Å². The summed E-state index contributed by atoms with van der Waals surface area (Å²) >= 11 is 1.79. The fraction of sp³-hybridized carbons (Fsp3) is 0.176. The van der Waals surface area contributed by atoms with Gasteiger partial charge in [-0.3, -0.25) is 0 Å². The number of rotatable bonds is 3. The van der Waals surface area contributed by atoms with Crippen LogP contribution in [0.15, 0.2) is 47.8 Å². The van der Waals surface area contributed by atoms with Crippen LogP contribution in [0.2, 0.25) is 0 Å². The first-order valence-corrected chi connectivity index (χ1v) is 7.37. The molecule has 0 aliphatic carbocycles. The maximum absolute atomic E-state index is 3.49. The predicted molar refractivity (Wildman–Crippen MR) is 85.1 cm³/mol. The summed E-state index contributed by atoms with van der Waals surface area (Å²) in [5.41, 5.74) is 5.22. The normalized spacial score (nSPS) is 10.8. The van der Waals surface area contributed by atoms with Crippen molar-refractivity contribution in [2.75, 3.05) is 5.32 Å². The van der Waals surface area contributed by atoms with Crippen LogP contribution in [0.25, 0.3) is 10.1 Å². The number of anilines is 1. The molecular weight excluding hydrogens is 250 g/mol. The van der Waals surface area contributed by atoms with E-state index < -0.39 is 0 Å². The van der Waals surface area contributed by atoms with Crippen LogP contribution < -0.4 is 5.32 Å². The summed E-state index contributed by atoms with van der Waals surface area (Å²) in [6.45, 7) is 5.18. The van der Waals surface area contributed by atoms with Crippen molar-refractivity contribution in [2.24, 2.45) is 0 Å². The fourth-order valence-electron chi connectivity index (χ4n) is 2.19. The van der Waals surface area contributed by atoms with Crippen LogP contribution in [-0.4, -0.2) is 0 Å². The fourth-order valence-corrected chi connectivity index (χ4v) is 2.97. The van der Waals surface area contributed by atoms with Crippen molar-refractivity contribution in [1.82, 2.24) is 0 Å². The molecule has 3 aromatic rings. The maximum atomic E-state index is 3.49. The molecule has 0 amide bonds. The molecule has 2 aromatic carbocycles. The first kappa shape index (κ1) is 12.2. The number of nitrogens with one attached hydrogen (secondary N) is 1. The summed E-state index contributed by atoms with van der Waals surface area (Å²) in [4.78, 5) is 0. The Bertz CT molecular complexity index is 712. The topological polar surface area (TPSA) is 12.0 Å². The predicted octanol–water partition coefficient (Wildman–Crippen LogP) is 5.13. The van der Waals surface area contributed by atoms with Crippen LogP contribution in [0, 0.1) is 13.8 Å². The smallest absolute Gasteiger partial charge is 0.0400 e. The van der Waals surface area contributed by atoms with E-state index in [-0.39, 0.29) is 0 Å². The van der Waals surface area contributed by atoms with Gasteiger partial charge >= 0.3 is 0 Å². The second-order valence-electron chi connectivity index (χ2n) is 4.95. The van der Waals surface area contributed by atoms with E-state index in [1.807, 2.05) is 0 Å². The molecule has 19 heavy (non-hydrogen) atoms. The van der Waals surface area contributed by atoms with Gasteiger partial charge in [-0.25, -0.2) is 0 Å². The van der Waals surface area contributed by atoms with E-state index in [4.69, 9.17) is 0 Å². The maximum Gasteiger partial charge on any atom is 0.0400 e. The minimum Gasteiger partial charge on any atom is -0.381 e. The summed E-state index contributed by atoms with van der Waals surface area (Å²) < 4.78 is 1.34. The molecular formula is C17H17NS. The molecule has 0 radical (unpaired) electrons. The van der Waals surface area contributed by atoms with Gasteiger partial charge in [0.15, 0.2) is 0 Å². The third-order valence-corrected chi connectivity index (χ3v) is 4.42. The third kappa shape index (κ3) is 2.64. The van der Waals surface area contributed by atoms with Crippen LogP contribution in [0.3, 0.4) is 0 Å². The number of hydrogen-bond acceptors (Lipinski definition) is 2. The zero-order valence-electron chi connectivity index (χ0n) is 11.2. The van der Waals surface area contributed by atoms with Gasteiger partial charge in [0.25, 0.3) is 0 Å². The van der Waals surface area contributed by atoms with E-state index in [9.17, 15) is 0 Å². The van der Waals surface area contributed by atoms with Crippen LogP contribution in [-0.2, 0) is 6.54 Å². The number of thiophene rings is 1. The molecule has 96 valence electrons. The Hall–Kier alpha value is -1.80. The van der Waals surface area contributed by atoms with E-state index >= 15 is 0 Å². The number of hydrogen-bond donors (Lipinski definition) is 1. The second kappa shape index (κ2) is 5.06. The standard InChI is InChI=1S/C17H17NS/c1-12-3-4-14(9-13(12)2)11-18-16-5-6-17-15(10-16)7-8-19-17/h3-10,18H,11H2,1-2H3. The first-order chi connectivity index (χ1) is 9.22. The molecule has 0 atom stereocenters. The molecule has 0 saturated heterocycles. The monoisotopic (exact) mass is 267 g/mol. The van der Waals surface area contributed by atoms with Gasteiger partial charge in [0.05, 0.1) is 0 Å². The molecule has 1 N–H and O–H groups in total. The van der Waals surface area contributed by atoms with Gasteiger partial charge in [0, 0.05) is 16.9 Å². The van der Waals surface area contributed by atoms with Gasteiger partial charge in [-0.1, -0.05) is 18.2 Å². The van der Waals surface area contributed by atoms with E-state index in [2.05, 4.69) is 67.0 Å². The average Bonchev–Trinajstić information content (AvgIpc) is 2.87. The quantitative estimate of drug-likeness (QED) is 0.693. The number of aryl methyl sites for hydroxylation is 2. The summed E-state index contributed by atoms with van der Waals surface area (Å²) in [5, 5.41) is 6.95. The molecule has 1 heterocycles. The minimum atomic E-state index is 0.872. The van der Waals surface area contributed by atoms with Gasteiger partial charge in [-0.15, -0.1) is 11.3 Å². The van der Waals surface area contributed by atoms with Crippen LogP contribution >= 0.6 is 11.3 Å². The highest BCUT2D eigenvalue weighted by Crippen LogP contribution is 2.24. The lowest BCUT2D eigenvalue weighted by Crippen LogP contribution is -1.99. The molecule has 0 aliphatic rings. The van der Waals surface area contributed by atoms with Gasteiger partial charge in [0.1, 0.15) is 0 Å². The number of benzene rings is 2. The zero-order valence-corrected chi connectivity index (χ0v) is 12.1. The van der Waals surface area contributed by atoms with Crippen molar-refractivity contribution in [3.8, 4) is 0 Å². The summed E-state index contributed by atoms with van der Waals surface area (Å²) in [7, 11) is 0. The molecule has 1 aromatic heterocycles. The van der Waals surface area contributed by atoms with Crippen molar-refractivity contribution in [1.29, 1.82) is 0 Å². The highest BCUT2D eigenvalue weighted by molar-refractivity contribution is 7.17. The molecule has 1 nitrogen and oxygen atoms in total. The molecule has 3 rings (SSSR count). The van der Waals surface area contributed by atoms with E-state index in [1.54, 1.807) is 11.3 Å². The van der Waals surface area contributed by atoms with Crippen molar-refractivity contribution >= 4 is 27.1 Å². The largest absolute Gasteiger partial charge is 0.381 e. The van der Waals surface area contributed by atoms with Gasteiger partial charge < -0.3 is 5.32 Å². The molecule has 0 unspecified atom stereocenters. The van der Waals surface area contributed by atoms with Gasteiger partial charge in [0.2, 0.25) is 0 Å². The Kier molecular flexibility index (Phi) is 3.26. The van der Waals surface area contributed by atoms with Crippen molar-refractivity contribution in [3.05, 3.63) is 64.5 Å². The van der Waals surface area contributed by atoms with Crippen LogP contribution in [0.4, 0.5) is 5.69 Å². The van der Waals surface area contributed by atoms with E-state index in [0.717, 1.165) is 6.54 Å². The average molecular weight is 267 g/mol. The summed E-state index contributed by atoms with van der Waals surface area (Å²) in [6.07, 6.45) is 0. The Balaban J connectivity index is 1.75. The minimum absolute atomic E-state index is 0.872. The molecule has 0 bridgehead atoms. The lowest BCUT2D eigenvalue weighted by molar-refractivity contribution is 1.13. The molecule has 0 fully saturated rings. The Morgan fingerprint density at radius 2 is 1.84 bits per heavy atom. The summed E-state index contributed by atoms with van der Waals surface area (Å²) in [6, 6.07) is 15.4. The van der Waals surface area contributed by atoms with Crippen molar-refractivity contribution in [2.45, 2.75) is 20.4 Å². The highest BCUT2D eigenvalue weighted by Gasteiger charge is 1.99. The lowest BCUT2D eigenvalue weighted by atomic mass is 10.1. The van der Waals surface area contributed by atoms with E-state index in [1.165, 1.54) is 32.5 Å². The van der Waals surface area contributed by atoms with E-state index in [0.29, 0.717) is 0 Å². The Labute approximate surface area is 117 Å². The molecule has 0 aliphatic heterocycles. The number of fused-ring (bicyclic) bond motifs is 1.